The van der Waals surface area contributed by atoms with Gasteiger partial charge in [-0.1, -0.05) is 6.07 Å². The second-order valence-corrected chi connectivity index (χ2v) is 7.33. The second-order valence-electron chi connectivity index (χ2n) is 5.68. The molecule has 8 heteroatoms. The lowest BCUT2D eigenvalue weighted by molar-refractivity contribution is 0.0773. The van der Waals surface area contributed by atoms with Crippen molar-refractivity contribution in [2.45, 2.75) is 18.7 Å². The number of carbonyl (C=O) groups is 1. The van der Waals surface area contributed by atoms with Crippen molar-refractivity contribution in [3.8, 4) is 11.5 Å². The van der Waals surface area contributed by atoms with Crippen LogP contribution in [0.5, 0.6) is 11.5 Å². The lowest BCUT2D eigenvalue weighted by Crippen LogP contribution is -2.30. The molecule has 0 bridgehead atoms. The van der Waals surface area contributed by atoms with Gasteiger partial charge in [0.1, 0.15) is 16.4 Å². The molecule has 7 nitrogen and oxygen atoms in total. The minimum absolute atomic E-state index is 0.0511. The van der Waals surface area contributed by atoms with Gasteiger partial charge in [0.2, 0.25) is 0 Å². The Morgan fingerprint density at radius 2 is 1.74 bits per heavy atom. The van der Waals surface area contributed by atoms with Crippen molar-refractivity contribution >= 4 is 21.6 Å². The molecule has 0 saturated heterocycles. The summed E-state index contributed by atoms with van der Waals surface area (Å²) in [5, 5.41) is 0. The Morgan fingerprint density at radius 1 is 1.04 bits per heavy atom. The van der Waals surface area contributed by atoms with E-state index >= 15 is 0 Å². The molecule has 1 amide bonds. The van der Waals surface area contributed by atoms with Gasteiger partial charge in [0, 0.05) is 30.4 Å². The largest absolute Gasteiger partial charge is 0.497 e. The van der Waals surface area contributed by atoms with E-state index in [-0.39, 0.29) is 22.2 Å². The summed E-state index contributed by atoms with van der Waals surface area (Å²) in [6, 6.07) is 10.9. The smallest absolute Gasteiger partial charge is 0.265 e. The zero-order chi connectivity index (χ0) is 20.0. The molecule has 146 valence electrons. The molecule has 2 aromatic carbocycles. The number of anilines is 1. The highest BCUT2D eigenvalue weighted by Crippen LogP contribution is 2.29. The molecule has 0 heterocycles. The van der Waals surface area contributed by atoms with Crippen LogP contribution in [0.15, 0.2) is 47.4 Å². The van der Waals surface area contributed by atoms with Gasteiger partial charge in [-0.05, 0) is 44.2 Å². The normalized spacial score (nSPS) is 11.0. The molecule has 0 saturated carbocycles. The lowest BCUT2D eigenvalue weighted by Gasteiger charge is -2.19. The summed E-state index contributed by atoms with van der Waals surface area (Å²) < 4.78 is 38.4. The number of nitrogens with zero attached hydrogens (tertiary/aromatic N) is 1. The topological polar surface area (TPSA) is 84.9 Å². The number of rotatable bonds is 8. The van der Waals surface area contributed by atoms with Gasteiger partial charge < -0.3 is 14.4 Å². The third-order valence-electron chi connectivity index (χ3n) is 4.07. The number of sulfonamides is 1. The van der Waals surface area contributed by atoms with E-state index in [4.69, 9.17) is 9.47 Å². The number of benzene rings is 2. The van der Waals surface area contributed by atoms with Gasteiger partial charge >= 0.3 is 0 Å². The second kappa shape index (κ2) is 8.77. The Balaban J connectivity index is 2.36. The summed E-state index contributed by atoms with van der Waals surface area (Å²) in [6.07, 6.45) is 0. The molecule has 2 aromatic rings. The van der Waals surface area contributed by atoms with Gasteiger partial charge in [-0.2, -0.15) is 0 Å². The molecular formula is C19H24N2O5S. The number of methoxy groups -OCH3 is 2. The minimum atomic E-state index is -3.94. The van der Waals surface area contributed by atoms with Gasteiger partial charge in [0.05, 0.1) is 14.2 Å². The monoisotopic (exact) mass is 392 g/mol. The third-order valence-corrected chi connectivity index (χ3v) is 5.48. The van der Waals surface area contributed by atoms with Crippen molar-refractivity contribution in [2.75, 3.05) is 32.0 Å². The standard InChI is InChI=1S/C19H24N2O5S/c1-5-21(6-2)19(22)14-8-7-9-15(12-14)20-27(23,24)18-13-16(25-3)10-11-17(18)26-4/h7-13,20H,5-6H2,1-4H3. The Labute approximate surface area is 160 Å². The van der Waals surface area contributed by atoms with Crippen LogP contribution in [0.1, 0.15) is 24.2 Å². The predicted octanol–water partition coefficient (Wildman–Crippen LogP) is 2.99. The average molecular weight is 392 g/mol. The molecule has 0 aliphatic carbocycles. The summed E-state index contributed by atoms with van der Waals surface area (Å²) in [5.74, 6) is 0.431. The van der Waals surface area contributed by atoms with Crippen molar-refractivity contribution in [2.24, 2.45) is 0 Å². The zero-order valence-corrected chi connectivity index (χ0v) is 16.7. The lowest BCUT2D eigenvalue weighted by atomic mass is 10.2. The maximum Gasteiger partial charge on any atom is 0.265 e. The highest BCUT2D eigenvalue weighted by Gasteiger charge is 2.21. The van der Waals surface area contributed by atoms with Crippen molar-refractivity contribution in [3.63, 3.8) is 0 Å². The Kier molecular flexibility index (Phi) is 6.68. The van der Waals surface area contributed by atoms with Crippen molar-refractivity contribution < 1.29 is 22.7 Å². The molecule has 0 atom stereocenters. The first-order chi connectivity index (χ1) is 12.9. The minimum Gasteiger partial charge on any atom is -0.497 e. The van der Waals surface area contributed by atoms with Crippen LogP contribution >= 0.6 is 0 Å². The van der Waals surface area contributed by atoms with E-state index in [2.05, 4.69) is 4.72 Å². The van der Waals surface area contributed by atoms with Gasteiger partial charge in [0.15, 0.2) is 0 Å². The van der Waals surface area contributed by atoms with Crippen LogP contribution in [0.25, 0.3) is 0 Å². The van der Waals surface area contributed by atoms with Crippen LogP contribution in [-0.2, 0) is 10.0 Å². The van der Waals surface area contributed by atoms with Gasteiger partial charge in [-0.25, -0.2) is 8.42 Å². The van der Waals surface area contributed by atoms with Crippen molar-refractivity contribution in [1.82, 2.24) is 4.90 Å². The molecule has 0 fully saturated rings. The van der Waals surface area contributed by atoms with Crippen molar-refractivity contribution in [1.29, 1.82) is 0 Å². The third kappa shape index (κ3) is 4.71. The summed E-state index contributed by atoms with van der Waals surface area (Å²) in [5.41, 5.74) is 0.703. The molecular weight excluding hydrogens is 368 g/mol. The number of nitrogens with one attached hydrogen (secondary N) is 1. The molecule has 2 rings (SSSR count). The predicted molar refractivity (Wildman–Crippen MR) is 104 cm³/mol. The fraction of sp³-hybridized carbons (Fsp3) is 0.316. The number of ether oxygens (including phenoxy) is 2. The van der Waals surface area contributed by atoms with Crippen LogP contribution in [-0.4, -0.2) is 46.5 Å². The Hall–Kier alpha value is -2.74. The molecule has 27 heavy (non-hydrogen) atoms. The summed E-state index contributed by atoms with van der Waals surface area (Å²) in [4.78, 5) is 14.1. The number of hydrogen-bond donors (Lipinski definition) is 1. The molecule has 0 unspecified atom stereocenters. The van der Waals surface area contributed by atoms with Crippen LogP contribution in [0, 0.1) is 0 Å². The quantitative estimate of drug-likeness (QED) is 0.746. The molecule has 0 aliphatic heterocycles. The fourth-order valence-electron chi connectivity index (χ4n) is 2.61. The van der Waals surface area contributed by atoms with E-state index in [1.165, 1.54) is 32.4 Å². The molecule has 0 spiro atoms. The first-order valence-electron chi connectivity index (χ1n) is 8.50. The number of hydrogen-bond acceptors (Lipinski definition) is 5. The van der Waals surface area contributed by atoms with Crippen LogP contribution in [0.4, 0.5) is 5.69 Å². The molecule has 0 radical (unpaired) electrons. The van der Waals surface area contributed by atoms with E-state index in [0.717, 1.165) is 0 Å². The van der Waals surface area contributed by atoms with E-state index in [1.807, 2.05) is 13.8 Å². The molecule has 0 aliphatic rings. The maximum absolute atomic E-state index is 12.8. The summed E-state index contributed by atoms with van der Waals surface area (Å²) in [6.45, 7) is 4.94. The number of amides is 1. The fourth-order valence-corrected chi connectivity index (χ4v) is 3.85. The van der Waals surface area contributed by atoms with Crippen molar-refractivity contribution in [3.05, 3.63) is 48.0 Å². The molecule has 0 aromatic heterocycles. The highest BCUT2D eigenvalue weighted by molar-refractivity contribution is 7.92. The zero-order valence-electron chi connectivity index (χ0n) is 15.9. The van der Waals surface area contributed by atoms with Gasteiger partial charge in [-0.3, -0.25) is 9.52 Å². The molecule has 1 N–H and O–H groups in total. The highest BCUT2D eigenvalue weighted by atomic mass is 32.2. The van der Waals surface area contributed by atoms with Gasteiger partial charge in [0.25, 0.3) is 15.9 Å². The van der Waals surface area contributed by atoms with Crippen LogP contribution in [0.3, 0.4) is 0 Å². The maximum atomic E-state index is 12.8. The van der Waals surface area contributed by atoms with E-state index in [9.17, 15) is 13.2 Å². The van der Waals surface area contributed by atoms with E-state index in [0.29, 0.717) is 24.4 Å². The van der Waals surface area contributed by atoms with E-state index in [1.54, 1.807) is 29.2 Å². The first kappa shape index (κ1) is 20.6. The van der Waals surface area contributed by atoms with Crippen LogP contribution in [0.2, 0.25) is 0 Å². The number of carbonyl (C=O) groups excluding carboxylic acids is 1. The Morgan fingerprint density at radius 3 is 2.33 bits per heavy atom. The SMILES string of the molecule is CCN(CC)C(=O)c1cccc(NS(=O)(=O)c2cc(OC)ccc2OC)c1. The first-order valence-corrected chi connectivity index (χ1v) is 9.98. The van der Waals surface area contributed by atoms with E-state index < -0.39 is 10.0 Å². The van der Waals surface area contributed by atoms with Gasteiger partial charge in [-0.15, -0.1) is 0 Å². The Bertz CT molecular complexity index is 908. The van der Waals surface area contributed by atoms with Crippen LogP contribution < -0.4 is 14.2 Å². The average Bonchev–Trinajstić information content (AvgIpc) is 2.68. The summed E-state index contributed by atoms with van der Waals surface area (Å²) >= 11 is 0. The summed E-state index contributed by atoms with van der Waals surface area (Å²) in [7, 11) is -1.10.